The molecule has 0 aliphatic rings. The van der Waals surface area contributed by atoms with Gasteiger partial charge < -0.3 is 9.47 Å². The molecule has 0 saturated heterocycles. The van der Waals surface area contributed by atoms with Crippen LogP contribution in [0.3, 0.4) is 0 Å². The van der Waals surface area contributed by atoms with Gasteiger partial charge in [-0.2, -0.15) is 0 Å². The Balaban J connectivity index is 3.61. The molecule has 16 heavy (non-hydrogen) atoms. The molecule has 0 fully saturated rings. The maximum atomic E-state index is 5.53. The minimum Gasteiger partial charge on any atom is -0.496 e. The third-order valence-corrected chi connectivity index (χ3v) is 3.81. The van der Waals surface area contributed by atoms with E-state index in [1.807, 2.05) is 0 Å². The van der Waals surface area contributed by atoms with Crippen LogP contribution in [0, 0.1) is 13.8 Å². The molecule has 0 spiro atoms. The lowest BCUT2D eigenvalue weighted by molar-refractivity contribution is 0.391. The van der Waals surface area contributed by atoms with Crippen LogP contribution in [-0.4, -0.2) is 14.2 Å². The van der Waals surface area contributed by atoms with Crippen LogP contribution in [0.1, 0.15) is 29.2 Å². The quantitative estimate of drug-likeness (QED) is 0.616. The minimum atomic E-state index is 0.946. The molecule has 0 atom stereocenters. The summed E-state index contributed by atoms with van der Waals surface area (Å²) in [6, 6.07) is 0. The first kappa shape index (κ1) is 13.6. The third-order valence-electron chi connectivity index (χ3n) is 3.05. The minimum absolute atomic E-state index is 0.946. The highest BCUT2D eigenvalue weighted by Crippen LogP contribution is 2.39. The van der Waals surface area contributed by atoms with Gasteiger partial charge in [0.1, 0.15) is 11.5 Å². The van der Waals surface area contributed by atoms with Gasteiger partial charge >= 0.3 is 0 Å². The number of benzene rings is 1. The molecular weight excluding hydrogens is 315 g/mol. The Morgan fingerprint density at radius 3 is 1.69 bits per heavy atom. The Labute approximate surface area is 111 Å². The summed E-state index contributed by atoms with van der Waals surface area (Å²) < 4.78 is 12.0. The Hall–Kier alpha value is -0.450. The first-order chi connectivity index (χ1) is 7.62. The Kier molecular flexibility index (Phi) is 4.89. The first-order valence-corrected chi connectivity index (χ1v) is 6.93. The zero-order valence-corrected chi connectivity index (χ0v) is 12.8. The first-order valence-electron chi connectivity index (χ1n) is 5.41. The molecule has 0 aliphatic heterocycles. The van der Waals surface area contributed by atoms with Crippen LogP contribution in [0.5, 0.6) is 11.5 Å². The molecule has 0 amide bonds. The number of hydrogen-bond donors (Lipinski definition) is 0. The summed E-state index contributed by atoms with van der Waals surface area (Å²) in [7, 11) is 3.48. The second kappa shape index (κ2) is 5.75. The number of rotatable bonds is 4. The van der Waals surface area contributed by atoms with Crippen molar-refractivity contribution in [3.8, 4) is 11.5 Å². The number of halogens is 1. The lowest BCUT2D eigenvalue weighted by atomic mass is 9.96. The zero-order valence-electron chi connectivity index (χ0n) is 10.6. The highest BCUT2D eigenvalue weighted by atomic mass is 127. The summed E-state index contributed by atoms with van der Waals surface area (Å²) in [4.78, 5) is 0. The van der Waals surface area contributed by atoms with Crippen molar-refractivity contribution in [1.82, 2.24) is 0 Å². The van der Waals surface area contributed by atoms with Gasteiger partial charge in [-0.3, -0.25) is 0 Å². The largest absolute Gasteiger partial charge is 0.496 e. The standard InChI is InChI=1S/C13H19IO2/c1-6-10-11(7-14)13(16-5)9(3)8(2)12(10)15-4/h6-7H2,1-5H3. The predicted molar refractivity (Wildman–Crippen MR) is 76.1 cm³/mol. The highest BCUT2D eigenvalue weighted by Gasteiger charge is 2.18. The van der Waals surface area contributed by atoms with E-state index in [-0.39, 0.29) is 0 Å². The number of methoxy groups -OCH3 is 2. The molecule has 1 aromatic carbocycles. The summed E-state index contributed by atoms with van der Waals surface area (Å²) in [6.45, 7) is 6.33. The Bertz CT molecular complexity index is 349. The molecule has 0 aromatic heterocycles. The second-order valence-electron chi connectivity index (χ2n) is 3.76. The molecule has 0 saturated carbocycles. The van der Waals surface area contributed by atoms with E-state index in [1.165, 1.54) is 22.3 Å². The fraction of sp³-hybridized carbons (Fsp3) is 0.538. The molecule has 1 aromatic rings. The molecule has 0 heterocycles. The lowest BCUT2D eigenvalue weighted by Crippen LogP contribution is -2.04. The van der Waals surface area contributed by atoms with Crippen molar-refractivity contribution in [3.63, 3.8) is 0 Å². The average molecular weight is 334 g/mol. The predicted octanol–water partition coefficient (Wildman–Crippen LogP) is 3.82. The molecule has 0 radical (unpaired) electrons. The average Bonchev–Trinajstić information content (AvgIpc) is 2.31. The van der Waals surface area contributed by atoms with Crippen LogP contribution < -0.4 is 9.47 Å². The van der Waals surface area contributed by atoms with Crippen molar-refractivity contribution >= 4 is 22.6 Å². The third kappa shape index (κ3) is 2.14. The maximum absolute atomic E-state index is 5.53. The molecule has 0 N–H and O–H groups in total. The van der Waals surface area contributed by atoms with E-state index in [0.717, 1.165) is 22.3 Å². The van der Waals surface area contributed by atoms with Gasteiger partial charge in [-0.15, -0.1) is 0 Å². The second-order valence-corrected chi connectivity index (χ2v) is 4.52. The van der Waals surface area contributed by atoms with Crippen LogP contribution in [0.15, 0.2) is 0 Å². The summed E-state index contributed by atoms with van der Waals surface area (Å²) >= 11 is 2.38. The monoisotopic (exact) mass is 334 g/mol. The van der Waals surface area contributed by atoms with Gasteiger partial charge in [0, 0.05) is 15.6 Å². The SMILES string of the molecule is CCc1c(CI)c(OC)c(C)c(C)c1OC. The summed E-state index contributed by atoms with van der Waals surface area (Å²) in [6.07, 6.45) is 0.971. The fourth-order valence-corrected chi connectivity index (χ4v) is 2.94. The maximum Gasteiger partial charge on any atom is 0.126 e. The van der Waals surface area contributed by atoms with Crippen molar-refractivity contribution in [2.75, 3.05) is 14.2 Å². The molecule has 0 aliphatic carbocycles. The summed E-state index contributed by atoms with van der Waals surface area (Å²) in [5.41, 5.74) is 4.91. The topological polar surface area (TPSA) is 18.5 Å². The molecule has 90 valence electrons. The van der Waals surface area contributed by atoms with Gasteiger partial charge in [0.05, 0.1) is 14.2 Å². The molecule has 3 heteroatoms. The van der Waals surface area contributed by atoms with Crippen LogP contribution >= 0.6 is 22.6 Å². The smallest absolute Gasteiger partial charge is 0.126 e. The molecule has 2 nitrogen and oxygen atoms in total. The molecule has 0 bridgehead atoms. The Morgan fingerprint density at radius 2 is 1.38 bits per heavy atom. The zero-order chi connectivity index (χ0) is 12.3. The van der Waals surface area contributed by atoms with Gasteiger partial charge in [0.2, 0.25) is 0 Å². The van der Waals surface area contributed by atoms with E-state index in [9.17, 15) is 0 Å². The van der Waals surface area contributed by atoms with Crippen molar-refractivity contribution in [3.05, 3.63) is 22.3 Å². The highest BCUT2D eigenvalue weighted by molar-refractivity contribution is 14.1. The lowest BCUT2D eigenvalue weighted by Gasteiger charge is -2.20. The molecular formula is C13H19IO2. The van der Waals surface area contributed by atoms with Crippen molar-refractivity contribution in [2.45, 2.75) is 31.6 Å². The molecule has 1 rings (SSSR count). The number of hydrogen-bond acceptors (Lipinski definition) is 2. The summed E-state index contributed by atoms with van der Waals surface area (Å²) in [5.74, 6) is 2.04. The van der Waals surface area contributed by atoms with E-state index >= 15 is 0 Å². The van der Waals surface area contributed by atoms with Crippen LogP contribution in [0.2, 0.25) is 0 Å². The van der Waals surface area contributed by atoms with E-state index in [4.69, 9.17) is 9.47 Å². The van der Waals surface area contributed by atoms with Gasteiger partial charge in [0.25, 0.3) is 0 Å². The van der Waals surface area contributed by atoms with Gasteiger partial charge in [-0.05, 0) is 31.4 Å². The Morgan fingerprint density at radius 1 is 0.938 bits per heavy atom. The van der Waals surface area contributed by atoms with E-state index < -0.39 is 0 Å². The van der Waals surface area contributed by atoms with Crippen molar-refractivity contribution < 1.29 is 9.47 Å². The molecule has 0 unspecified atom stereocenters. The number of alkyl halides is 1. The van der Waals surface area contributed by atoms with Gasteiger partial charge in [-0.1, -0.05) is 29.5 Å². The van der Waals surface area contributed by atoms with Gasteiger partial charge in [-0.25, -0.2) is 0 Å². The van der Waals surface area contributed by atoms with E-state index in [2.05, 4.69) is 43.4 Å². The van der Waals surface area contributed by atoms with Crippen molar-refractivity contribution in [1.29, 1.82) is 0 Å². The normalized spacial score (nSPS) is 10.4. The van der Waals surface area contributed by atoms with Crippen LogP contribution in [0.4, 0.5) is 0 Å². The van der Waals surface area contributed by atoms with Crippen LogP contribution in [0.25, 0.3) is 0 Å². The van der Waals surface area contributed by atoms with E-state index in [1.54, 1.807) is 14.2 Å². The summed E-state index contributed by atoms with van der Waals surface area (Å²) in [5, 5.41) is 0. The number of ether oxygens (including phenoxy) is 2. The fourth-order valence-electron chi connectivity index (χ4n) is 2.14. The van der Waals surface area contributed by atoms with E-state index in [0.29, 0.717) is 0 Å². The van der Waals surface area contributed by atoms with Crippen molar-refractivity contribution in [2.24, 2.45) is 0 Å². The van der Waals surface area contributed by atoms with Gasteiger partial charge in [0.15, 0.2) is 0 Å². The van der Waals surface area contributed by atoms with Crippen LogP contribution in [-0.2, 0) is 10.8 Å².